The summed E-state index contributed by atoms with van der Waals surface area (Å²) >= 11 is 0. The zero-order valence-electron chi connectivity index (χ0n) is 11.4. The average molecular weight is 279 g/mol. The van der Waals surface area contributed by atoms with Gasteiger partial charge < -0.3 is 10.5 Å². The fourth-order valence-electron chi connectivity index (χ4n) is 2.15. The molecule has 0 fully saturated rings. The minimum absolute atomic E-state index is 0.411. The van der Waals surface area contributed by atoms with Crippen molar-refractivity contribution in [2.24, 2.45) is 5.73 Å². The second-order valence-electron chi connectivity index (χ2n) is 4.52. The molecule has 3 rings (SSSR count). The van der Waals surface area contributed by atoms with Crippen molar-refractivity contribution in [3.05, 3.63) is 54.2 Å². The Hall–Kier alpha value is -2.95. The van der Waals surface area contributed by atoms with Crippen molar-refractivity contribution in [2.45, 2.75) is 0 Å². The van der Waals surface area contributed by atoms with Gasteiger partial charge in [0.05, 0.1) is 30.0 Å². The molecule has 5 nitrogen and oxygen atoms in total. The van der Waals surface area contributed by atoms with E-state index in [9.17, 15) is 4.79 Å². The van der Waals surface area contributed by atoms with Gasteiger partial charge in [-0.2, -0.15) is 0 Å². The van der Waals surface area contributed by atoms with Crippen LogP contribution in [-0.4, -0.2) is 23.0 Å². The first-order chi connectivity index (χ1) is 10.2. The first-order valence-corrected chi connectivity index (χ1v) is 6.39. The zero-order chi connectivity index (χ0) is 14.8. The lowest BCUT2D eigenvalue weighted by Gasteiger charge is -2.08. The van der Waals surface area contributed by atoms with E-state index in [2.05, 4.69) is 9.97 Å². The number of benzene rings is 2. The monoisotopic (exact) mass is 279 g/mol. The molecule has 0 aliphatic rings. The van der Waals surface area contributed by atoms with E-state index in [0.29, 0.717) is 22.3 Å². The summed E-state index contributed by atoms with van der Waals surface area (Å²) < 4.78 is 5.33. The lowest BCUT2D eigenvalue weighted by atomic mass is 10.1. The number of aromatic nitrogens is 2. The van der Waals surface area contributed by atoms with Crippen LogP contribution in [-0.2, 0) is 0 Å². The third kappa shape index (κ3) is 2.41. The molecule has 0 radical (unpaired) electrons. The van der Waals surface area contributed by atoms with Crippen molar-refractivity contribution in [1.29, 1.82) is 0 Å². The van der Waals surface area contributed by atoms with Crippen LogP contribution in [0, 0.1) is 0 Å². The van der Waals surface area contributed by atoms with E-state index in [1.54, 1.807) is 31.5 Å². The standard InChI is InChI=1S/C16H13N3O2/c1-21-15-5-3-2-4-11(15)14-9-18-12-7-6-10(16(17)20)8-13(12)19-14/h2-9H,1H3,(H2,17,20). The number of rotatable bonds is 3. The highest BCUT2D eigenvalue weighted by Crippen LogP contribution is 2.28. The van der Waals surface area contributed by atoms with Crippen LogP contribution in [0.1, 0.15) is 10.4 Å². The van der Waals surface area contributed by atoms with Crippen LogP contribution < -0.4 is 10.5 Å². The maximum Gasteiger partial charge on any atom is 0.248 e. The van der Waals surface area contributed by atoms with Gasteiger partial charge in [-0.15, -0.1) is 0 Å². The third-order valence-corrected chi connectivity index (χ3v) is 3.21. The number of hydrogen-bond acceptors (Lipinski definition) is 4. The maximum atomic E-state index is 11.3. The van der Waals surface area contributed by atoms with E-state index in [4.69, 9.17) is 10.5 Å². The fraction of sp³-hybridized carbons (Fsp3) is 0.0625. The van der Waals surface area contributed by atoms with Crippen LogP contribution in [0.2, 0.25) is 0 Å². The summed E-state index contributed by atoms with van der Waals surface area (Å²) in [5.74, 6) is 0.235. The molecule has 104 valence electrons. The maximum absolute atomic E-state index is 11.3. The molecular weight excluding hydrogens is 266 g/mol. The molecule has 0 saturated carbocycles. The van der Waals surface area contributed by atoms with E-state index in [1.165, 1.54) is 0 Å². The van der Waals surface area contributed by atoms with Gasteiger partial charge in [0, 0.05) is 11.1 Å². The van der Waals surface area contributed by atoms with Crippen molar-refractivity contribution in [1.82, 2.24) is 9.97 Å². The van der Waals surface area contributed by atoms with E-state index in [0.717, 1.165) is 11.3 Å². The van der Waals surface area contributed by atoms with Crippen molar-refractivity contribution in [2.75, 3.05) is 7.11 Å². The Kier molecular flexibility index (Phi) is 3.23. The van der Waals surface area contributed by atoms with E-state index >= 15 is 0 Å². The molecule has 0 saturated heterocycles. The number of ether oxygens (including phenoxy) is 1. The summed E-state index contributed by atoms with van der Waals surface area (Å²) in [4.78, 5) is 20.2. The van der Waals surface area contributed by atoms with Crippen molar-refractivity contribution < 1.29 is 9.53 Å². The van der Waals surface area contributed by atoms with Crippen LogP contribution >= 0.6 is 0 Å². The quantitative estimate of drug-likeness (QED) is 0.798. The van der Waals surface area contributed by atoms with Gasteiger partial charge in [0.15, 0.2) is 0 Å². The minimum atomic E-state index is -0.485. The Labute approximate surface area is 121 Å². The van der Waals surface area contributed by atoms with Crippen molar-refractivity contribution in [3.63, 3.8) is 0 Å². The number of methoxy groups -OCH3 is 1. The molecule has 3 aromatic rings. The first kappa shape index (κ1) is 13.1. The molecule has 2 N–H and O–H groups in total. The molecule has 0 bridgehead atoms. The van der Waals surface area contributed by atoms with Crippen LogP contribution in [0.3, 0.4) is 0 Å². The Bertz CT molecular complexity index is 831. The first-order valence-electron chi connectivity index (χ1n) is 6.39. The summed E-state index contributed by atoms with van der Waals surface area (Å²) in [5.41, 5.74) is 8.56. The van der Waals surface area contributed by atoms with Gasteiger partial charge in [0.1, 0.15) is 5.75 Å². The Morgan fingerprint density at radius 3 is 2.71 bits per heavy atom. The van der Waals surface area contributed by atoms with E-state index < -0.39 is 5.91 Å². The minimum Gasteiger partial charge on any atom is -0.496 e. The van der Waals surface area contributed by atoms with Gasteiger partial charge in [-0.3, -0.25) is 9.78 Å². The molecule has 1 heterocycles. The molecule has 0 atom stereocenters. The Balaban J connectivity index is 2.17. The number of carbonyl (C=O) groups excluding carboxylic acids is 1. The average Bonchev–Trinajstić information content (AvgIpc) is 2.53. The number of nitrogens with zero attached hydrogens (tertiary/aromatic N) is 2. The van der Waals surface area contributed by atoms with Gasteiger partial charge in [0.2, 0.25) is 5.91 Å². The highest BCUT2D eigenvalue weighted by atomic mass is 16.5. The van der Waals surface area contributed by atoms with Crippen LogP contribution in [0.15, 0.2) is 48.7 Å². The van der Waals surface area contributed by atoms with Crippen molar-refractivity contribution in [3.8, 4) is 17.0 Å². The number of primary amides is 1. The molecule has 0 spiro atoms. The SMILES string of the molecule is COc1ccccc1-c1cnc2ccc(C(N)=O)cc2n1. The van der Waals surface area contributed by atoms with Crippen LogP contribution in [0.4, 0.5) is 0 Å². The number of amides is 1. The smallest absolute Gasteiger partial charge is 0.248 e. The highest BCUT2D eigenvalue weighted by Gasteiger charge is 2.09. The van der Waals surface area contributed by atoms with Gasteiger partial charge in [-0.1, -0.05) is 12.1 Å². The van der Waals surface area contributed by atoms with E-state index in [1.807, 2.05) is 24.3 Å². The second kappa shape index (κ2) is 5.20. The molecule has 2 aromatic carbocycles. The summed E-state index contributed by atoms with van der Waals surface area (Å²) in [5, 5.41) is 0. The van der Waals surface area contributed by atoms with Gasteiger partial charge in [-0.25, -0.2) is 4.98 Å². The Morgan fingerprint density at radius 2 is 1.95 bits per heavy atom. The molecule has 5 heteroatoms. The van der Waals surface area contributed by atoms with Gasteiger partial charge >= 0.3 is 0 Å². The number of fused-ring (bicyclic) bond motifs is 1. The molecule has 1 amide bonds. The second-order valence-corrected chi connectivity index (χ2v) is 4.52. The summed E-state index contributed by atoms with van der Waals surface area (Å²) in [7, 11) is 1.61. The van der Waals surface area contributed by atoms with Gasteiger partial charge in [-0.05, 0) is 30.3 Å². The number of carbonyl (C=O) groups is 1. The topological polar surface area (TPSA) is 78.1 Å². The number of nitrogens with two attached hydrogens (primary N) is 1. The lowest BCUT2D eigenvalue weighted by molar-refractivity contribution is 0.100. The number of para-hydroxylation sites is 1. The normalized spacial score (nSPS) is 10.5. The van der Waals surface area contributed by atoms with Crippen LogP contribution in [0.25, 0.3) is 22.3 Å². The summed E-state index contributed by atoms with van der Waals surface area (Å²) in [6.45, 7) is 0. The van der Waals surface area contributed by atoms with Crippen molar-refractivity contribution >= 4 is 16.9 Å². The van der Waals surface area contributed by atoms with E-state index in [-0.39, 0.29) is 0 Å². The molecule has 0 aliphatic carbocycles. The predicted octanol–water partition coefficient (Wildman–Crippen LogP) is 2.40. The largest absolute Gasteiger partial charge is 0.496 e. The fourth-order valence-corrected chi connectivity index (χ4v) is 2.15. The molecule has 0 aliphatic heterocycles. The highest BCUT2D eigenvalue weighted by molar-refractivity contribution is 5.96. The third-order valence-electron chi connectivity index (χ3n) is 3.21. The zero-order valence-corrected chi connectivity index (χ0v) is 11.4. The predicted molar refractivity (Wildman–Crippen MR) is 80.0 cm³/mol. The van der Waals surface area contributed by atoms with Crippen LogP contribution in [0.5, 0.6) is 5.75 Å². The number of hydrogen-bond donors (Lipinski definition) is 1. The summed E-state index contributed by atoms with van der Waals surface area (Å²) in [6, 6.07) is 12.6. The molecule has 21 heavy (non-hydrogen) atoms. The molecule has 1 aromatic heterocycles. The molecular formula is C16H13N3O2. The summed E-state index contributed by atoms with van der Waals surface area (Å²) in [6.07, 6.45) is 1.68. The van der Waals surface area contributed by atoms with Gasteiger partial charge in [0.25, 0.3) is 0 Å². The lowest BCUT2D eigenvalue weighted by Crippen LogP contribution is -2.10. The Morgan fingerprint density at radius 1 is 1.14 bits per heavy atom. The molecule has 0 unspecified atom stereocenters.